The molecule has 11 heteroatoms. The molecule has 0 aliphatic carbocycles. The first kappa shape index (κ1) is 32.5. The van der Waals surface area contributed by atoms with E-state index in [2.05, 4.69) is 10.6 Å². The summed E-state index contributed by atoms with van der Waals surface area (Å²) in [4.78, 5) is 42.8. The summed E-state index contributed by atoms with van der Waals surface area (Å²) >= 11 is 0. The molecule has 1 aromatic heterocycles. The van der Waals surface area contributed by atoms with Crippen molar-refractivity contribution < 1.29 is 28.6 Å². The number of aliphatic hydroxyl groups is 1. The number of ether oxygens (including phenoxy) is 1. The number of carbonyl (C=O) groups excluding carboxylic acids is 3. The van der Waals surface area contributed by atoms with Crippen LogP contribution in [0.5, 0.6) is 5.75 Å². The Bertz CT molecular complexity index is 1720. The SMILES string of the molecule is C[C@H](CO)N1C[C@H](C)[C@H](CN(C)C(=O)Nc2ccc(F)cc2)Oc2ccc(NC(=O)Cc3cn(C)c4ccccc34)cc2CC1=O. The van der Waals surface area contributed by atoms with E-state index in [0.717, 1.165) is 16.5 Å². The van der Waals surface area contributed by atoms with Crippen LogP contribution < -0.4 is 15.4 Å². The molecule has 10 nitrogen and oxygen atoms in total. The number of fused-ring (bicyclic) bond motifs is 2. The van der Waals surface area contributed by atoms with Gasteiger partial charge in [-0.2, -0.15) is 0 Å². The minimum atomic E-state index is -0.520. The first-order chi connectivity index (χ1) is 22.0. The molecule has 0 saturated carbocycles. The van der Waals surface area contributed by atoms with Crippen molar-refractivity contribution in [3.63, 3.8) is 0 Å². The third-order valence-electron chi connectivity index (χ3n) is 8.43. The van der Waals surface area contributed by atoms with Gasteiger partial charge in [-0.05, 0) is 61.0 Å². The molecular weight excluding hydrogens is 589 g/mol. The van der Waals surface area contributed by atoms with Gasteiger partial charge in [0.25, 0.3) is 0 Å². The van der Waals surface area contributed by atoms with Gasteiger partial charge in [-0.3, -0.25) is 9.59 Å². The molecule has 1 aliphatic heterocycles. The number of rotatable bonds is 8. The first-order valence-electron chi connectivity index (χ1n) is 15.3. The monoisotopic (exact) mass is 629 g/mol. The molecule has 0 fully saturated rings. The van der Waals surface area contributed by atoms with Crippen LogP contribution in [0.1, 0.15) is 25.0 Å². The Hall–Kier alpha value is -4.90. The third kappa shape index (κ3) is 7.48. The lowest BCUT2D eigenvalue weighted by molar-refractivity contribution is -0.134. The fraction of sp³-hybridized carbons (Fsp3) is 0.343. The quantitative estimate of drug-likeness (QED) is 0.259. The zero-order valence-corrected chi connectivity index (χ0v) is 26.5. The van der Waals surface area contributed by atoms with Crippen molar-refractivity contribution in [2.75, 3.05) is 37.4 Å². The Morgan fingerprint density at radius 2 is 1.80 bits per heavy atom. The van der Waals surface area contributed by atoms with E-state index in [0.29, 0.717) is 29.2 Å². The summed E-state index contributed by atoms with van der Waals surface area (Å²) in [6, 6.07) is 17.8. The Balaban J connectivity index is 1.36. The van der Waals surface area contributed by atoms with Crippen molar-refractivity contribution in [1.82, 2.24) is 14.4 Å². The average molecular weight is 630 g/mol. The second kappa shape index (κ2) is 14.0. The predicted octanol–water partition coefficient (Wildman–Crippen LogP) is 4.81. The van der Waals surface area contributed by atoms with Crippen LogP contribution in [0.15, 0.2) is 72.9 Å². The van der Waals surface area contributed by atoms with E-state index < -0.39 is 24.0 Å². The van der Waals surface area contributed by atoms with Crippen LogP contribution in [-0.2, 0) is 29.5 Å². The molecule has 242 valence electrons. The first-order valence-corrected chi connectivity index (χ1v) is 15.3. The van der Waals surface area contributed by atoms with Crippen LogP contribution in [0.4, 0.5) is 20.6 Å². The fourth-order valence-electron chi connectivity index (χ4n) is 5.77. The maximum absolute atomic E-state index is 13.6. The van der Waals surface area contributed by atoms with Crippen molar-refractivity contribution in [1.29, 1.82) is 0 Å². The number of likely N-dealkylation sites (N-methyl/N-ethyl adjacent to an activating group) is 1. The number of urea groups is 1. The molecule has 4 aromatic rings. The van der Waals surface area contributed by atoms with Crippen molar-refractivity contribution in [3.8, 4) is 5.75 Å². The highest BCUT2D eigenvalue weighted by molar-refractivity contribution is 5.96. The number of anilines is 2. The van der Waals surface area contributed by atoms with E-state index in [-0.39, 0.29) is 43.7 Å². The molecule has 46 heavy (non-hydrogen) atoms. The van der Waals surface area contributed by atoms with Gasteiger partial charge in [-0.15, -0.1) is 0 Å². The largest absolute Gasteiger partial charge is 0.488 e. The van der Waals surface area contributed by atoms with Gasteiger partial charge in [-0.25, -0.2) is 9.18 Å². The highest BCUT2D eigenvalue weighted by Crippen LogP contribution is 2.30. The lowest BCUT2D eigenvalue weighted by Gasteiger charge is -2.34. The number of amides is 4. The van der Waals surface area contributed by atoms with Gasteiger partial charge in [0, 0.05) is 60.6 Å². The molecule has 0 radical (unpaired) electrons. The second-order valence-electron chi connectivity index (χ2n) is 12.0. The highest BCUT2D eigenvalue weighted by Gasteiger charge is 2.32. The number of benzene rings is 3. The maximum Gasteiger partial charge on any atom is 0.321 e. The molecule has 0 bridgehead atoms. The Kier molecular flexibility index (Phi) is 9.91. The third-order valence-corrected chi connectivity index (χ3v) is 8.43. The number of aromatic nitrogens is 1. The van der Waals surface area contributed by atoms with Crippen molar-refractivity contribution in [3.05, 3.63) is 89.9 Å². The Morgan fingerprint density at radius 3 is 2.54 bits per heavy atom. The smallest absolute Gasteiger partial charge is 0.321 e. The number of nitrogens with one attached hydrogen (secondary N) is 2. The van der Waals surface area contributed by atoms with Crippen LogP contribution in [0.3, 0.4) is 0 Å². The van der Waals surface area contributed by atoms with Crippen LogP contribution in [0.25, 0.3) is 10.9 Å². The lowest BCUT2D eigenvalue weighted by Crippen LogP contribution is -2.48. The Labute approximate surface area is 267 Å². The molecule has 3 aromatic carbocycles. The summed E-state index contributed by atoms with van der Waals surface area (Å²) in [6.07, 6.45) is 1.62. The zero-order valence-electron chi connectivity index (χ0n) is 26.5. The number of hydrogen-bond acceptors (Lipinski definition) is 5. The predicted molar refractivity (Wildman–Crippen MR) is 175 cm³/mol. The van der Waals surface area contributed by atoms with Gasteiger partial charge in [0.05, 0.1) is 32.0 Å². The van der Waals surface area contributed by atoms with Crippen molar-refractivity contribution >= 4 is 40.1 Å². The van der Waals surface area contributed by atoms with E-state index >= 15 is 0 Å². The summed E-state index contributed by atoms with van der Waals surface area (Å²) in [7, 11) is 3.58. The standard InChI is InChI=1S/C35H40FN5O5/c1-22-18-41(23(2)21-42)34(44)17-24-15-28(37-33(43)16-25-19-39(3)30-8-6-5-7-29(25)30)13-14-31(24)46-32(22)20-40(4)35(45)38-27-11-9-26(36)10-12-27/h5-15,19,22-23,32,42H,16-18,20-21H2,1-4H3,(H,37,43)(H,38,45)/t22-,23+,32-/m0/s1. The summed E-state index contributed by atoms with van der Waals surface area (Å²) < 4.78 is 21.8. The zero-order chi connectivity index (χ0) is 33.0. The number of halogens is 1. The van der Waals surface area contributed by atoms with E-state index in [4.69, 9.17) is 4.74 Å². The number of carbonyl (C=O) groups is 3. The van der Waals surface area contributed by atoms with Gasteiger partial charge >= 0.3 is 6.03 Å². The summed E-state index contributed by atoms with van der Waals surface area (Å²) in [6.45, 7) is 4.01. The molecular formula is C35H40FN5O5. The molecule has 5 rings (SSSR count). The number of aryl methyl sites for hydroxylation is 1. The number of nitrogens with zero attached hydrogens (tertiary/aromatic N) is 3. The average Bonchev–Trinajstić information content (AvgIpc) is 3.36. The molecule has 4 amide bonds. The van der Waals surface area contributed by atoms with Gasteiger partial charge in [0.1, 0.15) is 17.7 Å². The molecule has 2 heterocycles. The number of hydrogen-bond donors (Lipinski definition) is 3. The normalized spacial score (nSPS) is 17.3. The lowest BCUT2D eigenvalue weighted by atomic mass is 10.0. The topological polar surface area (TPSA) is 116 Å². The molecule has 0 saturated heterocycles. The minimum absolute atomic E-state index is 0.00698. The van der Waals surface area contributed by atoms with Crippen LogP contribution in [0, 0.1) is 11.7 Å². The summed E-state index contributed by atoms with van der Waals surface area (Å²) in [5.41, 5.74) is 3.52. The van der Waals surface area contributed by atoms with Gasteiger partial charge in [0.15, 0.2) is 0 Å². The number of para-hydroxylation sites is 1. The van der Waals surface area contributed by atoms with E-state index in [9.17, 15) is 23.9 Å². The van der Waals surface area contributed by atoms with Crippen LogP contribution in [-0.4, -0.2) is 76.2 Å². The van der Waals surface area contributed by atoms with Gasteiger partial charge in [-0.1, -0.05) is 25.1 Å². The van der Waals surface area contributed by atoms with Gasteiger partial charge in [0.2, 0.25) is 11.8 Å². The molecule has 1 aliphatic rings. The fourth-order valence-corrected chi connectivity index (χ4v) is 5.77. The van der Waals surface area contributed by atoms with Gasteiger partial charge < -0.3 is 34.8 Å². The number of aliphatic hydroxyl groups excluding tert-OH is 1. The van der Waals surface area contributed by atoms with Crippen molar-refractivity contribution in [2.45, 2.75) is 38.8 Å². The molecule has 3 N–H and O–H groups in total. The molecule has 3 atom stereocenters. The van der Waals surface area contributed by atoms with E-state index in [1.54, 1.807) is 37.1 Å². The summed E-state index contributed by atoms with van der Waals surface area (Å²) in [5, 5.41) is 16.7. The maximum atomic E-state index is 13.6. The van der Waals surface area contributed by atoms with Crippen LogP contribution in [0.2, 0.25) is 0 Å². The Morgan fingerprint density at radius 1 is 1.09 bits per heavy atom. The van der Waals surface area contributed by atoms with E-state index in [1.165, 1.54) is 29.2 Å². The minimum Gasteiger partial charge on any atom is -0.488 e. The van der Waals surface area contributed by atoms with Crippen LogP contribution >= 0.6 is 0 Å². The highest BCUT2D eigenvalue weighted by atomic mass is 19.1. The summed E-state index contributed by atoms with van der Waals surface area (Å²) in [5.74, 6) is -0.516. The molecule has 0 unspecified atom stereocenters. The molecule has 0 spiro atoms. The van der Waals surface area contributed by atoms with E-state index in [1.807, 2.05) is 49.0 Å². The second-order valence-corrected chi connectivity index (χ2v) is 12.0. The van der Waals surface area contributed by atoms with Crippen molar-refractivity contribution in [2.24, 2.45) is 13.0 Å².